The monoisotopic (exact) mass is 311 g/mol. The van der Waals surface area contributed by atoms with Gasteiger partial charge >= 0.3 is 8.80 Å². The van der Waals surface area contributed by atoms with E-state index in [9.17, 15) is 0 Å². The molecule has 0 rings (SSSR count). The molecule has 0 spiro atoms. The van der Waals surface area contributed by atoms with Crippen molar-refractivity contribution in [2.24, 2.45) is 0 Å². The second-order valence-electron chi connectivity index (χ2n) is 4.14. The van der Waals surface area contributed by atoms with Crippen molar-refractivity contribution in [2.45, 2.75) is 38.1 Å². The van der Waals surface area contributed by atoms with Crippen molar-refractivity contribution < 1.29 is 13.3 Å². The third-order valence-corrected chi connectivity index (χ3v) is 7.86. The molecule has 0 fully saturated rings. The summed E-state index contributed by atoms with van der Waals surface area (Å²) in [5, 5.41) is 2.96. The van der Waals surface area contributed by atoms with Gasteiger partial charge in [-0.25, -0.2) is 0 Å². The van der Waals surface area contributed by atoms with Gasteiger partial charge in [0.2, 0.25) is 0 Å². The van der Waals surface area contributed by atoms with Crippen LogP contribution < -0.4 is 5.32 Å². The molecule has 108 valence electrons. The summed E-state index contributed by atoms with van der Waals surface area (Å²) in [7, 11) is 2.31. The maximum atomic E-state index is 5.66. The standard InChI is InChI=1S/C11H25NO3S2Si/c1-6-11(7-2,8-9-12-10(16)17)18(13-3,14-4)15-5/h6-9H2,1-5H3,(H2,12,16,17). The zero-order valence-electron chi connectivity index (χ0n) is 11.9. The van der Waals surface area contributed by atoms with Crippen LogP contribution in [0.2, 0.25) is 5.04 Å². The van der Waals surface area contributed by atoms with Gasteiger partial charge in [-0.05, 0) is 19.3 Å². The number of thiocarbonyl (C=S) groups is 1. The van der Waals surface area contributed by atoms with Crippen molar-refractivity contribution in [3.63, 3.8) is 0 Å². The molecule has 0 saturated heterocycles. The Balaban J connectivity index is 5.02. The lowest BCUT2D eigenvalue weighted by molar-refractivity contribution is 0.0825. The van der Waals surface area contributed by atoms with Gasteiger partial charge in [-0.2, -0.15) is 0 Å². The summed E-state index contributed by atoms with van der Waals surface area (Å²) in [6.45, 7) is 5.03. The van der Waals surface area contributed by atoms with Crippen LogP contribution in [0.25, 0.3) is 0 Å². The Morgan fingerprint density at radius 3 is 1.89 bits per heavy atom. The minimum absolute atomic E-state index is 0.100. The molecule has 0 bridgehead atoms. The van der Waals surface area contributed by atoms with E-state index in [-0.39, 0.29) is 5.04 Å². The predicted octanol–water partition coefficient (Wildman–Crippen LogP) is 2.62. The Labute approximate surface area is 123 Å². The fourth-order valence-corrected chi connectivity index (χ4v) is 5.81. The first kappa shape index (κ1) is 18.3. The molecule has 18 heavy (non-hydrogen) atoms. The Kier molecular flexibility index (Phi) is 8.66. The van der Waals surface area contributed by atoms with Crippen LogP contribution in [-0.4, -0.2) is 41.0 Å². The normalized spacial score (nSPS) is 12.6. The second kappa shape index (κ2) is 8.50. The summed E-state index contributed by atoms with van der Waals surface area (Å²) in [6.07, 6.45) is 2.75. The molecule has 0 aromatic rings. The molecular formula is C11H25NO3S2Si. The van der Waals surface area contributed by atoms with E-state index in [0.29, 0.717) is 4.32 Å². The van der Waals surface area contributed by atoms with Gasteiger partial charge in [0.05, 0.1) is 0 Å². The minimum atomic E-state index is -2.68. The van der Waals surface area contributed by atoms with Crippen LogP contribution >= 0.6 is 24.8 Å². The lowest BCUT2D eigenvalue weighted by Crippen LogP contribution is -2.55. The summed E-state index contributed by atoms with van der Waals surface area (Å²) < 4.78 is 17.5. The Morgan fingerprint density at radius 1 is 1.17 bits per heavy atom. The van der Waals surface area contributed by atoms with Crippen molar-refractivity contribution >= 4 is 38.0 Å². The first-order chi connectivity index (χ1) is 8.47. The Bertz CT molecular complexity index is 250. The van der Waals surface area contributed by atoms with Crippen LogP contribution in [0.5, 0.6) is 0 Å². The third-order valence-electron chi connectivity index (χ3n) is 3.69. The van der Waals surface area contributed by atoms with Crippen LogP contribution in [0.15, 0.2) is 0 Å². The number of thiol groups is 1. The third kappa shape index (κ3) is 3.91. The van der Waals surface area contributed by atoms with Gasteiger partial charge in [0.1, 0.15) is 4.32 Å². The van der Waals surface area contributed by atoms with Crippen molar-refractivity contribution in [2.75, 3.05) is 27.9 Å². The van der Waals surface area contributed by atoms with E-state index in [1.165, 1.54) is 0 Å². The molecule has 0 unspecified atom stereocenters. The quantitative estimate of drug-likeness (QED) is 0.389. The lowest BCUT2D eigenvalue weighted by atomic mass is 9.98. The Morgan fingerprint density at radius 2 is 1.61 bits per heavy atom. The molecule has 0 aliphatic carbocycles. The smallest absolute Gasteiger partial charge is 0.377 e. The largest absolute Gasteiger partial charge is 0.506 e. The summed E-state index contributed by atoms with van der Waals surface area (Å²) >= 11 is 8.97. The topological polar surface area (TPSA) is 39.7 Å². The highest BCUT2D eigenvalue weighted by molar-refractivity contribution is 8.11. The van der Waals surface area contributed by atoms with Crippen molar-refractivity contribution in [1.82, 2.24) is 5.32 Å². The van der Waals surface area contributed by atoms with Crippen molar-refractivity contribution in [1.29, 1.82) is 0 Å². The second-order valence-corrected chi connectivity index (χ2v) is 8.69. The summed E-state index contributed by atoms with van der Waals surface area (Å²) in [5.74, 6) is 0. The van der Waals surface area contributed by atoms with Crippen LogP contribution in [0.4, 0.5) is 0 Å². The molecule has 0 radical (unpaired) electrons. The first-order valence-electron chi connectivity index (χ1n) is 6.09. The Hall–Kier alpha value is 0.337. The van der Waals surface area contributed by atoms with Crippen LogP contribution in [-0.2, 0) is 13.3 Å². The van der Waals surface area contributed by atoms with E-state index in [1.807, 2.05) is 0 Å². The van der Waals surface area contributed by atoms with E-state index in [4.69, 9.17) is 25.5 Å². The van der Waals surface area contributed by atoms with E-state index in [0.717, 1.165) is 25.8 Å². The van der Waals surface area contributed by atoms with Crippen LogP contribution in [0, 0.1) is 0 Å². The van der Waals surface area contributed by atoms with Gasteiger partial charge in [-0.3, -0.25) is 0 Å². The average Bonchev–Trinajstić information content (AvgIpc) is 2.38. The molecule has 0 aromatic heterocycles. The average molecular weight is 312 g/mol. The van der Waals surface area contributed by atoms with Gasteiger partial charge in [-0.15, -0.1) is 12.6 Å². The van der Waals surface area contributed by atoms with Gasteiger partial charge in [0.15, 0.2) is 0 Å². The molecule has 0 aromatic carbocycles. The van der Waals surface area contributed by atoms with Gasteiger partial charge in [0.25, 0.3) is 0 Å². The van der Waals surface area contributed by atoms with Gasteiger partial charge < -0.3 is 18.6 Å². The molecule has 7 heteroatoms. The summed E-state index contributed by atoms with van der Waals surface area (Å²) in [4.78, 5) is 0. The molecular weight excluding hydrogens is 286 g/mol. The molecule has 0 saturated carbocycles. The molecule has 0 amide bonds. The fraction of sp³-hybridized carbons (Fsp3) is 0.909. The number of hydrogen-bond donors (Lipinski definition) is 2. The number of nitrogens with one attached hydrogen (secondary N) is 1. The van der Waals surface area contributed by atoms with E-state index < -0.39 is 8.80 Å². The molecule has 0 heterocycles. The van der Waals surface area contributed by atoms with Crippen molar-refractivity contribution in [3.05, 3.63) is 0 Å². The molecule has 0 atom stereocenters. The maximum absolute atomic E-state index is 5.66. The van der Waals surface area contributed by atoms with E-state index in [1.54, 1.807) is 21.3 Å². The highest BCUT2D eigenvalue weighted by Crippen LogP contribution is 2.48. The number of hydrogen-bond acceptors (Lipinski definition) is 4. The first-order valence-corrected chi connectivity index (χ1v) is 8.67. The molecule has 1 N–H and O–H groups in total. The molecule has 0 aliphatic heterocycles. The minimum Gasteiger partial charge on any atom is -0.377 e. The van der Waals surface area contributed by atoms with E-state index in [2.05, 4.69) is 31.8 Å². The summed E-state index contributed by atoms with van der Waals surface area (Å²) in [6, 6.07) is 0. The molecule has 0 aliphatic rings. The highest BCUT2D eigenvalue weighted by atomic mass is 32.1. The summed E-state index contributed by atoms with van der Waals surface area (Å²) in [5.41, 5.74) is 0. The highest BCUT2D eigenvalue weighted by Gasteiger charge is 2.57. The van der Waals surface area contributed by atoms with Crippen LogP contribution in [0.3, 0.4) is 0 Å². The van der Waals surface area contributed by atoms with E-state index >= 15 is 0 Å². The van der Waals surface area contributed by atoms with Gasteiger partial charge in [-0.1, -0.05) is 26.1 Å². The maximum Gasteiger partial charge on any atom is 0.506 e. The molecule has 4 nitrogen and oxygen atoms in total. The predicted molar refractivity (Wildman–Crippen MR) is 84.3 cm³/mol. The lowest BCUT2D eigenvalue weighted by Gasteiger charge is -2.43. The SMILES string of the molecule is CCC(CC)(CCNC(=S)S)[Si](OC)(OC)OC. The van der Waals surface area contributed by atoms with Gasteiger partial charge in [0, 0.05) is 32.9 Å². The zero-order valence-corrected chi connectivity index (χ0v) is 14.6. The zero-order chi connectivity index (χ0) is 14.2. The number of rotatable bonds is 9. The van der Waals surface area contributed by atoms with Crippen molar-refractivity contribution in [3.8, 4) is 0 Å². The van der Waals surface area contributed by atoms with Crippen LogP contribution in [0.1, 0.15) is 33.1 Å². The fourth-order valence-electron chi connectivity index (χ4n) is 2.50.